The number of cyclic esters (lactones) is 1. The van der Waals surface area contributed by atoms with Crippen molar-refractivity contribution >= 4 is 5.97 Å². The first-order valence-electron chi connectivity index (χ1n) is 3.21. The molecule has 0 saturated heterocycles. The maximum absolute atomic E-state index is 10.7. The van der Waals surface area contributed by atoms with Crippen molar-refractivity contribution < 1.29 is 24.5 Å². The summed E-state index contributed by atoms with van der Waals surface area (Å²) in [5.74, 6) is -1.44. The lowest BCUT2D eigenvalue weighted by Gasteiger charge is -1.99. The normalized spacial score (nSPS) is 20.2. The monoisotopic (exact) mass is 172 g/mol. The smallest absolute Gasteiger partial charge is 0.383 e. The molecule has 0 fully saturated rings. The van der Waals surface area contributed by atoms with Gasteiger partial charge in [-0.3, -0.25) is 0 Å². The first kappa shape index (κ1) is 8.61. The fourth-order valence-electron chi connectivity index (χ4n) is 0.818. The van der Waals surface area contributed by atoms with Crippen LogP contribution < -0.4 is 0 Å². The number of aliphatic hydroxyl groups is 2. The fourth-order valence-corrected chi connectivity index (χ4v) is 0.818. The second kappa shape index (κ2) is 3.27. The van der Waals surface area contributed by atoms with Crippen molar-refractivity contribution in [2.75, 3.05) is 13.7 Å². The molecular weight excluding hydrogens is 164 g/mol. The molecule has 0 spiro atoms. The molecule has 5 heteroatoms. The van der Waals surface area contributed by atoms with Crippen LogP contribution in [-0.2, 0) is 14.3 Å². The van der Waals surface area contributed by atoms with Crippen LogP contribution in [0.4, 0.5) is 0 Å². The van der Waals surface area contributed by atoms with Gasteiger partial charge in [0.1, 0.15) is 0 Å². The molecule has 66 valence electrons. The molecule has 5 nitrogen and oxygen atoms in total. The van der Waals surface area contributed by atoms with Gasteiger partial charge >= 0.3 is 5.97 Å². The molecule has 2 N–H and O–H groups in total. The minimum Gasteiger partial charge on any atom is -0.499 e. The van der Waals surface area contributed by atoms with Crippen LogP contribution in [0.3, 0.4) is 0 Å². The van der Waals surface area contributed by atoms with Crippen LogP contribution in [0.25, 0.3) is 0 Å². The van der Waals surface area contributed by atoms with Crippen molar-refractivity contribution in [1.82, 2.24) is 0 Å². The van der Waals surface area contributed by atoms with Crippen molar-refractivity contribution in [3.8, 4) is 0 Å². The Hall–Kier alpha value is -1.49. The minimum absolute atomic E-state index is 0.0440. The van der Waals surface area contributed by atoms with Gasteiger partial charge < -0.3 is 19.7 Å². The zero-order valence-electron chi connectivity index (χ0n) is 6.40. The zero-order valence-corrected chi connectivity index (χ0v) is 6.40. The number of hydrogen-bond acceptors (Lipinski definition) is 5. The largest absolute Gasteiger partial charge is 0.499 e. The summed E-state index contributed by atoms with van der Waals surface area (Å²) in [6, 6.07) is 0. The number of aliphatic hydroxyl groups excluding tert-OH is 2. The average Bonchev–Trinajstić information content (AvgIpc) is 2.29. The van der Waals surface area contributed by atoms with Crippen LogP contribution >= 0.6 is 0 Å². The van der Waals surface area contributed by atoms with Crippen LogP contribution in [0, 0.1) is 0 Å². The average molecular weight is 172 g/mol. The lowest BCUT2D eigenvalue weighted by atomic mass is 10.3. The molecule has 0 amide bonds. The van der Waals surface area contributed by atoms with E-state index in [4.69, 9.17) is 10.2 Å². The Bertz CT molecular complexity index is 263. The Kier molecular flexibility index (Phi) is 2.35. The summed E-state index contributed by atoms with van der Waals surface area (Å²) in [5, 5.41) is 17.5. The van der Waals surface area contributed by atoms with Crippen molar-refractivity contribution in [3.63, 3.8) is 0 Å². The first-order valence-corrected chi connectivity index (χ1v) is 3.21. The molecule has 0 atom stereocenters. The first-order chi connectivity index (χ1) is 5.70. The van der Waals surface area contributed by atoms with Gasteiger partial charge in [-0.2, -0.15) is 0 Å². The maximum Gasteiger partial charge on any atom is 0.383 e. The van der Waals surface area contributed by atoms with E-state index in [0.717, 1.165) is 0 Å². The third kappa shape index (κ3) is 1.26. The van der Waals surface area contributed by atoms with Gasteiger partial charge in [0.05, 0.1) is 13.7 Å². The van der Waals surface area contributed by atoms with E-state index < -0.39 is 11.7 Å². The zero-order chi connectivity index (χ0) is 9.14. The fraction of sp³-hybridized carbons (Fsp3) is 0.286. The van der Waals surface area contributed by atoms with Gasteiger partial charge in [-0.15, -0.1) is 0 Å². The summed E-state index contributed by atoms with van der Waals surface area (Å²) in [6.45, 7) is -0.289. The highest BCUT2D eigenvalue weighted by Gasteiger charge is 2.30. The van der Waals surface area contributed by atoms with Gasteiger partial charge in [-0.05, 0) is 6.08 Å². The topological polar surface area (TPSA) is 76.0 Å². The quantitative estimate of drug-likeness (QED) is 0.566. The molecule has 1 rings (SSSR count). The number of ether oxygens (including phenoxy) is 2. The summed E-state index contributed by atoms with van der Waals surface area (Å²) in [4.78, 5) is 10.7. The number of rotatable bonds is 2. The molecule has 1 heterocycles. The molecular formula is C7H8O5. The Balaban J connectivity index is 2.98. The molecule has 1 aliphatic heterocycles. The van der Waals surface area contributed by atoms with E-state index in [1.54, 1.807) is 0 Å². The second-order valence-electron chi connectivity index (χ2n) is 2.02. The van der Waals surface area contributed by atoms with Crippen LogP contribution in [0.15, 0.2) is 23.4 Å². The van der Waals surface area contributed by atoms with E-state index in [1.807, 2.05) is 0 Å². The third-order valence-corrected chi connectivity index (χ3v) is 1.32. The minimum atomic E-state index is -0.869. The SMILES string of the molecule is COC1=C(O)C(=O)O/C1=C/CO. The van der Waals surface area contributed by atoms with Gasteiger partial charge in [0.2, 0.25) is 11.5 Å². The van der Waals surface area contributed by atoms with Crippen LogP contribution in [0.5, 0.6) is 0 Å². The number of hydrogen-bond donors (Lipinski definition) is 2. The van der Waals surface area contributed by atoms with E-state index in [1.165, 1.54) is 13.2 Å². The molecule has 0 bridgehead atoms. The van der Waals surface area contributed by atoms with E-state index in [0.29, 0.717) is 0 Å². The lowest BCUT2D eigenvalue weighted by Crippen LogP contribution is -1.97. The third-order valence-electron chi connectivity index (χ3n) is 1.32. The molecule has 0 aromatic carbocycles. The Labute approximate surface area is 68.5 Å². The van der Waals surface area contributed by atoms with Gasteiger partial charge in [-0.25, -0.2) is 4.79 Å². The summed E-state index contributed by atoms with van der Waals surface area (Å²) >= 11 is 0. The molecule has 0 aromatic heterocycles. The van der Waals surface area contributed by atoms with E-state index in [2.05, 4.69) is 9.47 Å². The molecule has 12 heavy (non-hydrogen) atoms. The second-order valence-corrected chi connectivity index (χ2v) is 2.02. The molecule has 0 unspecified atom stereocenters. The highest BCUT2D eigenvalue weighted by Crippen LogP contribution is 2.24. The van der Waals surface area contributed by atoms with Crippen molar-refractivity contribution in [2.45, 2.75) is 0 Å². The number of carbonyl (C=O) groups excluding carboxylic acids is 1. The molecule has 0 saturated carbocycles. The number of esters is 1. The highest BCUT2D eigenvalue weighted by molar-refractivity contribution is 5.91. The van der Waals surface area contributed by atoms with Gasteiger partial charge in [-0.1, -0.05) is 0 Å². The predicted octanol–water partition coefficient (Wildman–Crippen LogP) is -0.165. The van der Waals surface area contributed by atoms with Gasteiger partial charge in [0.15, 0.2) is 5.76 Å². The highest BCUT2D eigenvalue weighted by atomic mass is 16.6. The van der Waals surface area contributed by atoms with Crippen molar-refractivity contribution in [3.05, 3.63) is 23.4 Å². The summed E-state index contributed by atoms with van der Waals surface area (Å²) in [6.07, 6.45) is 1.22. The summed E-state index contributed by atoms with van der Waals surface area (Å²) in [7, 11) is 1.29. The van der Waals surface area contributed by atoms with E-state index in [-0.39, 0.29) is 18.1 Å². The number of methoxy groups -OCH3 is 1. The molecule has 0 aliphatic carbocycles. The van der Waals surface area contributed by atoms with E-state index in [9.17, 15) is 4.79 Å². The van der Waals surface area contributed by atoms with Crippen LogP contribution in [-0.4, -0.2) is 29.9 Å². The van der Waals surface area contributed by atoms with E-state index >= 15 is 0 Å². The lowest BCUT2D eigenvalue weighted by molar-refractivity contribution is -0.135. The van der Waals surface area contributed by atoms with Gasteiger partial charge in [0, 0.05) is 0 Å². The van der Waals surface area contributed by atoms with Crippen LogP contribution in [0.1, 0.15) is 0 Å². The summed E-state index contributed by atoms with van der Waals surface area (Å²) < 4.78 is 9.19. The summed E-state index contributed by atoms with van der Waals surface area (Å²) in [5.41, 5.74) is 0. The van der Waals surface area contributed by atoms with Crippen LogP contribution in [0.2, 0.25) is 0 Å². The van der Waals surface area contributed by atoms with Crippen molar-refractivity contribution in [2.24, 2.45) is 0 Å². The Morgan fingerprint density at radius 2 is 2.33 bits per heavy atom. The maximum atomic E-state index is 10.7. The standard InChI is InChI=1S/C7H8O5/c1-11-6-4(2-3-8)12-7(10)5(6)9/h2,8-9H,3H2,1H3/b4-2+. The molecule has 1 aliphatic rings. The Morgan fingerprint density at radius 3 is 2.83 bits per heavy atom. The van der Waals surface area contributed by atoms with Gasteiger partial charge in [0.25, 0.3) is 0 Å². The molecule has 0 radical (unpaired) electrons. The number of carbonyl (C=O) groups is 1. The molecule has 0 aromatic rings. The van der Waals surface area contributed by atoms with Crippen molar-refractivity contribution in [1.29, 1.82) is 0 Å². The Morgan fingerprint density at radius 1 is 1.67 bits per heavy atom. The predicted molar refractivity (Wildman–Crippen MR) is 37.9 cm³/mol.